The monoisotopic (exact) mass is 373 g/mol. The van der Waals surface area contributed by atoms with Crippen LogP contribution in [0.25, 0.3) is 0 Å². The predicted molar refractivity (Wildman–Crippen MR) is 107 cm³/mol. The number of carbonyl (C=O) groups is 3. The molecule has 5 heteroatoms. The molecule has 140 valence electrons. The van der Waals surface area contributed by atoms with Gasteiger partial charge in [-0.05, 0) is 55.5 Å². The second-order valence-electron chi connectivity index (χ2n) is 6.26. The summed E-state index contributed by atoms with van der Waals surface area (Å²) >= 11 is 0. The molecule has 0 aliphatic rings. The fourth-order valence-corrected chi connectivity index (χ4v) is 2.52. The highest BCUT2D eigenvalue weighted by atomic mass is 16.5. The summed E-state index contributed by atoms with van der Waals surface area (Å²) in [5, 5.41) is 2.76. The minimum Gasteiger partial charge on any atom is -0.454 e. The van der Waals surface area contributed by atoms with E-state index >= 15 is 0 Å². The Morgan fingerprint density at radius 3 is 2.00 bits per heavy atom. The molecule has 0 heterocycles. The minimum absolute atomic E-state index is 0.230. The van der Waals surface area contributed by atoms with Gasteiger partial charge in [-0.3, -0.25) is 9.59 Å². The van der Waals surface area contributed by atoms with Crippen molar-refractivity contribution in [3.63, 3.8) is 0 Å². The first-order valence-electron chi connectivity index (χ1n) is 8.76. The maximum absolute atomic E-state index is 12.2. The van der Waals surface area contributed by atoms with Gasteiger partial charge in [0, 0.05) is 16.8 Å². The first-order valence-corrected chi connectivity index (χ1v) is 8.76. The van der Waals surface area contributed by atoms with Crippen LogP contribution in [0, 0.1) is 6.92 Å². The number of hydrogen-bond donors (Lipinski definition) is 1. The fourth-order valence-electron chi connectivity index (χ4n) is 2.52. The molecule has 5 nitrogen and oxygen atoms in total. The van der Waals surface area contributed by atoms with Gasteiger partial charge in [-0.15, -0.1) is 0 Å². The molecular weight excluding hydrogens is 354 g/mol. The minimum atomic E-state index is -0.542. The molecule has 0 bridgehead atoms. The van der Waals surface area contributed by atoms with E-state index < -0.39 is 5.97 Å². The average Bonchev–Trinajstić information content (AvgIpc) is 2.73. The summed E-state index contributed by atoms with van der Waals surface area (Å²) in [5.41, 5.74) is 2.95. The van der Waals surface area contributed by atoms with E-state index in [0.29, 0.717) is 22.4 Å². The van der Waals surface area contributed by atoms with E-state index in [-0.39, 0.29) is 18.3 Å². The molecular formula is C23H19NO4. The SMILES string of the molecule is Cc1ccc(C(=O)OCC(=O)c2ccc(NC(=O)c3ccccc3)cc2)cc1. The van der Waals surface area contributed by atoms with Crippen molar-refractivity contribution >= 4 is 23.3 Å². The molecule has 1 N–H and O–H groups in total. The highest BCUT2D eigenvalue weighted by Crippen LogP contribution is 2.13. The first kappa shape index (κ1) is 19.0. The number of esters is 1. The Kier molecular flexibility index (Phi) is 5.97. The van der Waals surface area contributed by atoms with Gasteiger partial charge in [-0.2, -0.15) is 0 Å². The van der Waals surface area contributed by atoms with Crippen LogP contribution in [0.5, 0.6) is 0 Å². The second kappa shape index (κ2) is 8.77. The highest BCUT2D eigenvalue weighted by molar-refractivity contribution is 6.04. The van der Waals surface area contributed by atoms with E-state index in [2.05, 4.69) is 5.32 Å². The Morgan fingerprint density at radius 2 is 1.36 bits per heavy atom. The van der Waals surface area contributed by atoms with E-state index in [1.807, 2.05) is 13.0 Å². The van der Waals surface area contributed by atoms with Crippen molar-refractivity contribution in [3.8, 4) is 0 Å². The molecule has 1 amide bonds. The molecule has 0 saturated carbocycles. The molecule has 3 rings (SSSR count). The lowest BCUT2D eigenvalue weighted by atomic mass is 10.1. The molecule has 0 aromatic heterocycles. The van der Waals surface area contributed by atoms with Crippen LogP contribution >= 0.6 is 0 Å². The van der Waals surface area contributed by atoms with Gasteiger partial charge < -0.3 is 10.1 Å². The van der Waals surface area contributed by atoms with Crippen molar-refractivity contribution in [1.82, 2.24) is 0 Å². The van der Waals surface area contributed by atoms with Gasteiger partial charge in [0.15, 0.2) is 12.4 Å². The van der Waals surface area contributed by atoms with Crippen LogP contribution in [0.1, 0.15) is 36.6 Å². The number of ketones is 1. The van der Waals surface area contributed by atoms with Crippen LogP contribution in [-0.2, 0) is 4.74 Å². The Balaban J connectivity index is 1.55. The smallest absolute Gasteiger partial charge is 0.338 e. The molecule has 0 aliphatic heterocycles. The van der Waals surface area contributed by atoms with E-state index in [1.165, 1.54) is 0 Å². The normalized spacial score (nSPS) is 10.2. The summed E-state index contributed by atoms with van der Waals surface area (Å²) in [6, 6.07) is 22.2. The lowest BCUT2D eigenvalue weighted by molar-refractivity contribution is 0.0474. The second-order valence-corrected chi connectivity index (χ2v) is 6.26. The highest BCUT2D eigenvalue weighted by Gasteiger charge is 2.12. The molecule has 28 heavy (non-hydrogen) atoms. The number of ether oxygens (including phenoxy) is 1. The van der Waals surface area contributed by atoms with Crippen molar-refractivity contribution in [2.24, 2.45) is 0 Å². The summed E-state index contributed by atoms with van der Waals surface area (Å²) in [6.45, 7) is 1.58. The number of hydrogen-bond acceptors (Lipinski definition) is 4. The maximum atomic E-state index is 12.2. The largest absolute Gasteiger partial charge is 0.454 e. The van der Waals surface area contributed by atoms with Crippen molar-refractivity contribution in [2.45, 2.75) is 6.92 Å². The van der Waals surface area contributed by atoms with Gasteiger partial charge in [0.2, 0.25) is 0 Å². The third-order valence-electron chi connectivity index (χ3n) is 4.12. The van der Waals surface area contributed by atoms with E-state index in [4.69, 9.17) is 4.74 Å². The fraction of sp³-hybridized carbons (Fsp3) is 0.0870. The Morgan fingerprint density at radius 1 is 0.750 bits per heavy atom. The lowest BCUT2D eigenvalue weighted by Gasteiger charge is -2.07. The molecule has 0 unspecified atom stereocenters. The zero-order chi connectivity index (χ0) is 19.9. The zero-order valence-corrected chi connectivity index (χ0v) is 15.3. The predicted octanol–water partition coefficient (Wildman–Crippen LogP) is 4.29. The number of carbonyl (C=O) groups excluding carboxylic acids is 3. The van der Waals surface area contributed by atoms with Gasteiger partial charge in [-0.25, -0.2) is 4.79 Å². The van der Waals surface area contributed by atoms with Crippen molar-refractivity contribution in [1.29, 1.82) is 0 Å². The lowest BCUT2D eigenvalue weighted by Crippen LogP contribution is -2.15. The summed E-state index contributed by atoms with van der Waals surface area (Å²) in [5.74, 6) is -1.09. The van der Waals surface area contributed by atoms with Gasteiger partial charge in [0.05, 0.1) is 5.56 Å². The van der Waals surface area contributed by atoms with Gasteiger partial charge in [0.1, 0.15) is 0 Å². The van der Waals surface area contributed by atoms with Crippen LogP contribution in [0.15, 0.2) is 78.9 Å². The van der Waals surface area contributed by atoms with Crippen molar-refractivity contribution in [3.05, 3.63) is 101 Å². The standard InChI is InChI=1S/C23H19NO4/c1-16-7-9-19(10-8-16)23(27)28-15-21(25)17-11-13-20(14-12-17)24-22(26)18-5-3-2-4-6-18/h2-14H,15H2,1H3,(H,24,26). The van der Waals surface area contributed by atoms with Crippen LogP contribution < -0.4 is 5.32 Å². The molecule has 0 radical (unpaired) electrons. The maximum Gasteiger partial charge on any atom is 0.338 e. The third kappa shape index (κ3) is 4.92. The van der Waals surface area contributed by atoms with Crippen molar-refractivity contribution in [2.75, 3.05) is 11.9 Å². The zero-order valence-electron chi connectivity index (χ0n) is 15.3. The Labute approximate surface area is 163 Å². The number of Topliss-reactive ketones (excluding diaryl/α,β-unsaturated/α-hetero) is 1. The number of amides is 1. The summed E-state index contributed by atoms with van der Waals surface area (Å²) in [4.78, 5) is 36.3. The quantitative estimate of drug-likeness (QED) is 0.517. The number of aryl methyl sites for hydroxylation is 1. The van der Waals surface area contributed by atoms with Crippen LogP contribution in [0.3, 0.4) is 0 Å². The summed E-state index contributed by atoms with van der Waals surface area (Å²) < 4.78 is 5.08. The topological polar surface area (TPSA) is 72.5 Å². The molecule has 0 aliphatic carbocycles. The summed E-state index contributed by atoms with van der Waals surface area (Å²) in [7, 11) is 0. The van der Waals surface area contributed by atoms with Crippen LogP contribution in [0.2, 0.25) is 0 Å². The van der Waals surface area contributed by atoms with Crippen molar-refractivity contribution < 1.29 is 19.1 Å². The number of nitrogens with one attached hydrogen (secondary N) is 1. The molecule has 0 saturated heterocycles. The van der Waals surface area contributed by atoms with Crippen LogP contribution in [-0.4, -0.2) is 24.3 Å². The van der Waals surface area contributed by atoms with Gasteiger partial charge in [-0.1, -0.05) is 35.9 Å². The summed E-state index contributed by atoms with van der Waals surface area (Å²) in [6.07, 6.45) is 0. The third-order valence-corrected chi connectivity index (χ3v) is 4.12. The Hall–Kier alpha value is -3.73. The van der Waals surface area contributed by atoms with Crippen LogP contribution in [0.4, 0.5) is 5.69 Å². The Bertz CT molecular complexity index is 977. The van der Waals surface area contributed by atoms with E-state index in [9.17, 15) is 14.4 Å². The van der Waals surface area contributed by atoms with Gasteiger partial charge >= 0.3 is 5.97 Å². The molecule has 0 fully saturated rings. The van der Waals surface area contributed by atoms with E-state index in [0.717, 1.165) is 5.56 Å². The number of benzene rings is 3. The number of anilines is 1. The molecule has 0 atom stereocenters. The molecule has 0 spiro atoms. The number of rotatable bonds is 6. The molecule has 3 aromatic carbocycles. The average molecular weight is 373 g/mol. The van der Waals surface area contributed by atoms with E-state index in [1.54, 1.807) is 72.8 Å². The first-order chi connectivity index (χ1) is 13.5. The molecule has 3 aromatic rings. The van der Waals surface area contributed by atoms with Gasteiger partial charge in [0.25, 0.3) is 5.91 Å².